The number of hydrogen-bond acceptors (Lipinski definition) is 6. The average molecular weight is 345 g/mol. The van der Waals surface area contributed by atoms with Crippen LogP contribution in [0.15, 0.2) is 34.4 Å². The maximum Gasteiger partial charge on any atom is 0.268 e. The Morgan fingerprint density at radius 3 is 2.79 bits per heavy atom. The molecule has 0 fully saturated rings. The molecule has 3 aromatic rings. The van der Waals surface area contributed by atoms with E-state index in [4.69, 9.17) is 9.47 Å². The number of hydrogen-bond donors (Lipinski definition) is 2. The molecule has 1 aromatic carbocycles. The van der Waals surface area contributed by atoms with E-state index in [2.05, 4.69) is 15.3 Å². The van der Waals surface area contributed by atoms with Crippen LogP contribution >= 0.6 is 11.3 Å². The van der Waals surface area contributed by atoms with Crippen molar-refractivity contribution in [2.24, 2.45) is 0 Å². The van der Waals surface area contributed by atoms with E-state index in [1.165, 1.54) is 18.4 Å². The third-order valence-electron chi connectivity index (χ3n) is 3.36. The molecule has 2 N–H and O–H groups in total. The van der Waals surface area contributed by atoms with Crippen LogP contribution in [0.25, 0.3) is 10.2 Å². The number of H-pyrrole nitrogens is 1. The Morgan fingerprint density at radius 1 is 1.25 bits per heavy atom. The van der Waals surface area contributed by atoms with Crippen molar-refractivity contribution in [2.45, 2.75) is 6.42 Å². The number of fused-ring (bicyclic) bond motifs is 1. The molecule has 0 atom stereocenters. The number of carbonyl (C=O) groups is 1. The summed E-state index contributed by atoms with van der Waals surface area (Å²) in [6.07, 6.45) is -0.0324. The Hall–Kier alpha value is -2.87. The van der Waals surface area contributed by atoms with E-state index in [0.29, 0.717) is 33.2 Å². The van der Waals surface area contributed by atoms with Gasteiger partial charge in [-0.25, -0.2) is 4.98 Å². The number of thiophene rings is 1. The van der Waals surface area contributed by atoms with Gasteiger partial charge >= 0.3 is 0 Å². The quantitative estimate of drug-likeness (QED) is 0.739. The summed E-state index contributed by atoms with van der Waals surface area (Å²) in [6.45, 7) is 0. The van der Waals surface area contributed by atoms with Gasteiger partial charge in [0.15, 0.2) is 11.5 Å². The lowest BCUT2D eigenvalue weighted by atomic mass is 10.2. The van der Waals surface area contributed by atoms with Crippen molar-refractivity contribution in [1.29, 1.82) is 0 Å². The summed E-state index contributed by atoms with van der Waals surface area (Å²) in [5.74, 6) is 1.12. The van der Waals surface area contributed by atoms with Gasteiger partial charge in [0.25, 0.3) is 5.56 Å². The van der Waals surface area contributed by atoms with Crippen molar-refractivity contribution in [2.75, 3.05) is 19.5 Å². The molecule has 3 rings (SSSR count). The smallest absolute Gasteiger partial charge is 0.268 e. The normalized spacial score (nSPS) is 10.6. The molecule has 0 saturated carbocycles. The number of anilines is 1. The summed E-state index contributed by atoms with van der Waals surface area (Å²) in [5, 5.41) is 4.54. The number of nitrogens with one attached hydrogen (secondary N) is 2. The second-order valence-electron chi connectivity index (χ2n) is 4.94. The van der Waals surface area contributed by atoms with Crippen LogP contribution in [0, 0.1) is 0 Å². The zero-order chi connectivity index (χ0) is 17.1. The zero-order valence-corrected chi connectivity index (χ0v) is 13.9. The summed E-state index contributed by atoms with van der Waals surface area (Å²) in [4.78, 5) is 31.0. The van der Waals surface area contributed by atoms with E-state index >= 15 is 0 Å². The Bertz CT molecular complexity index is 948. The highest BCUT2D eigenvalue weighted by Crippen LogP contribution is 2.29. The number of benzene rings is 1. The monoisotopic (exact) mass is 345 g/mol. The number of nitrogens with zero attached hydrogens (tertiary/aromatic N) is 1. The molecule has 0 saturated heterocycles. The van der Waals surface area contributed by atoms with Crippen molar-refractivity contribution >= 4 is 33.1 Å². The molecule has 2 heterocycles. The summed E-state index contributed by atoms with van der Waals surface area (Å²) >= 11 is 1.32. The van der Waals surface area contributed by atoms with Gasteiger partial charge in [0.2, 0.25) is 5.91 Å². The molecule has 7 nitrogen and oxygen atoms in total. The van der Waals surface area contributed by atoms with Crippen molar-refractivity contribution in [3.8, 4) is 11.5 Å². The van der Waals surface area contributed by atoms with Crippen LogP contribution in [-0.2, 0) is 11.2 Å². The number of amides is 1. The number of aromatic amines is 1. The highest BCUT2D eigenvalue weighted by atomic mass is 32.1. The Balaban J connectivity index is 1.76. The Labute approximate surface area is 141 Å². The number of aromatic nitrogens is 2. The maximum atomic E-state index is 12.2. The number of ether oxygens (including phenoxy) is 2. The fraction of sp³-hybridized carbons (Fsp3) is 0.188. The Morgan fingerprint density at radius 2 is 2.04 bits per heavy atom. The van der Waals surface area contributed by atoms with Crippen LogP contribution in [0.1, 0.15) is 5.82 Å². The summed E-state index contributed by atoms with van der Waals surface area (Å²) < 4.78 is 10.9. The maximum absolute atomic E-state index is 12.2. The van der Waals surface area contributed by atoms with Crippen LogP contribution in [-0.4, -0.2) is 30.1 Å². The van der Waals surface area contributed by atoms with E-state index in [-0.39, 0.29) is 17.9 Å². The molecule has 1 amide bonds. The van der Waals surface area contributed by atoms with E-state index < -0.39 is 0 Å². The zero-order valence-electron chi connectivity index (χ0n) is 13.1. The van der Waals surface area contributed by atoms with Crippen LogP contribution in [0.4, 0.5) is 5.69 Å². The molecule has 0 unspecified atom stereocenters. The van der Waals surface area contributed by atoms with Gasteiger partial charge in [0.05, 0.1) is 26.2 Å². The van der Waals surface area contributed by atoms with Crippen molar-refractivity contribution in [1.82, 2.24) is 9.97 Å². The molecule has 0 aliphatic rings. The third kappa shape index (κ3) is 3.23. The first kappa shape index (κ1) is 16.0. The van der Waals surface area contributed by atoms with E-state index in [9.17, 15) is 9.59 Å². The summed E-state index contributed by atoms with van der Waals surface area (Å²) in [5.41, 5.74) is 0.929. The van der Waals surface area contributed by atoms with Gasteiger partial charge in [-0.15, -0.1) is 11.3 Å². The van der Waals surface area contributed by atoms with Crippen LogP contribution in [0.3, 0.4) is 0 Å². The summed E-state index contributed by atoms with van der Waals surface area (Å²) in [6, 6.07) is 6.82. The molecule has 0 radical (unpaired) electrons. The van der Waals surface area contributed by atoms with Crippen molar-refractivity contribution in [3.63, 3.8) is 0 Å². The second kappa shape index (κ2) is 6.71. The number of rotatable bonds is 5. The molecular weight excluding hydrogens is 330 g/mol. The topological polar surface area (TPSA) is 93.3 Å². The predicted molar refractivity (Wildman–Crippen MR) is 92.1 cm³/mol. The molecule has 124 valence electrons. The minimum absolute atomic E-state index is 0.0324. The molecule has 0 bridgehead atoms. The predicted octanol–water partition coefficient (Wildman–Crippen LogP) is 2.18. The number of methoxy groups -OCH3 is 2. The SMILES string of the molecule is COc1ccc(NC(=O)Cc2nc3ccsc3c(=O)[nH]2)cc1OC. The minimum atomic E-state index is -0.292. The standard InChI is InChI=1S/C16H15N3O4S/c1-22-11-4-3-9(7-12(11)23-2)17-14(20)8-13-18-10-5-6-24-15(10)16(21)19-13/h3-7H,8H2,1-2H3,(H,17,20)(H,18,19,21). The van der Waals surface area contributed by atoms with E-state index in [1.807, 2.05) is 0 Å². The molecule has 2 aromatic heterocycles. The van der Waals surface area contributed by atoms with Crippen molar-refractivity contribution in [3.05, 3.63) is 45.8 Å². The van der Waals surface area contributed by atoms with Gasteiger partial charge in [-0.05, 0) is 23.6 Å². The van der Waals surface area contributed by atoms with Gasteiger partial charge in [-0.2, -0.15) is 0 Å². The molecule has 24 heavy (non-hydrogen) atoms. The fourth-order valence-corrected chi connectivity index (χ4v) is 3.00. The fourth-order valence-electron chi connectivity index (χ4n) is 2.28. The van der Waals surface area contributed by atoms with E-state index in [0.717, 1.165) is 0 Å². The highest BCUT2D eigenvalue weighted by Gasteiger charge is 2.11. The molecule has 0 aliphatic carbocycles. The molecular formula is C16H15N3O4S. The Kier molecular flexibility index (Phi) is 4.48. The molecule has 8 heteroatoms. The number of carbonyl (C=O) groups excluding carboxylic acids is 1. The van der Waals surface area contributed by atoms with Gasteiger partial charge in [-0.1, -0.05) is 0 Å². The minimum Gasteiger partial charge on any atom is -0.493 e. The first-order valence-electron chi connectivity index (χ1n) is 7.09. The summed E-state index contributed by atoms with van der Waals surface area (Å²) in [7, 11) is 3.06. The first-order valence-corrected chi connectivity index (χ1v) is 7.97. The average Bonchev–Trinajstić information content (AvgIpc) is 3.03. The highest BCUT2D eigenvalue weighted by molar-refractivity contribution is 7.17. The molecule has 0 spiro atoms. The molecule has 0 aliphatic heterocycles. The van der Waals surface area contributed by atoms with Gasteiger partial charge in [-0.3, -0.25) is 9.59 Å². The van der Waals surface area contributed by atoms with E-state index in [1.54, 1.807) is 36.8 Å². The second-order valence-corrected chi connectivity index (χ2v) is 5.86. The van der Waals surface area contributed by atoms with Gasteiger partial charge in [0, 0.05) is 11.8 Å². The van der Waals surface area contributed by atoms with Crippen molar-refractivity contribution < 1.29 is 14.3 Å². The van der Waals surface area contributed by atoms with Gasteiger partial charge in [0.1, 0.15) is 10.5 Å². The lowest BCUT2D eigenvalue weighted by Crippen LogP contribution is -2.19. The van der Waals surface area contributed by atoms with Gasteiger partial charge < -0.3 is 19.8 Å². The largest absolute Gasteiger partial charge is 0.493 e. The van der Waals surface area contributed by atoms with Crippen LogP contribution in [0.5, 0.6) is 11.5 Å². The lowest BCUT2D eigenvalue weighted by molar-refractivity contribution is -0.115. The lowest BCUT2D eigenvalue weighted by Gasteiger charge is -2.10. The third-order valence-corrected chi connectivity index (χ3v) is 4.26. The van der Waals surface area contributed by atoms with Crippen LogP contribution in [0.2, 0.25) is 0 Å². The van der Waals surface area contributed by atoms with Crippen LogP contribution < -0.4 is 20.3 Å². The first-order chi connectivity index (χ1) is 11.6.